The van der Waals surface area contributed by atoms with Gasteiger partial charge in [0.2, 0.25) is 0 Å². The molecule has 0 saturated heterocycles. The molecule has 21 heavy (non-hydrogen) atoms. The van der Waals surface area contributed by atoms with Gasteiger partial charge in [0.25, 0.3) is 0 Å². The lowest BCUT2D eigenvalue weighted by molar-refractivity contribution is 0.419. The molecule has 0 bridgehead atoms. The lowest BCUT2D eigenvalue weighted by atomic mass is 10.0. The average molecular weight is 288 g/mol. The van der Waals surface area contributed by atoms with Crippen LogP contribution >= 0.6 is 0 Å². The van der Waals surface area contributed by atoms with Crippen LogP contribution in [0.15, 0.2) is 18.2 Å². The first kappa shape index (κ1) is 14.1. The van der Waals surface area contributed by atoms with Gasteiger partial charge in [0.15, 0.2) is 0 Å². The molecule has 2 aromatic rings. The molecule has 0 amide bonds. The Morgan fingerprint density at radius 1 is 1.33 bits per heavy atom. The molecule has 1 heterocycles. The summed E-state index contributed by atoms with van der Waals surface area (Å²) >= 11 is 0. The predicted octanol–water partition coefficient (Wildman–Crippen LogP) is 4.47. The second kappa shape index (κ2) is 5.88. The molecule has 1 fully saturated rings. The van der Waals surface area contributed by atoms with Gasteiger partial charge in [-0.15, -0.1) is 0 Å². The second-order valence-corrected chi connectivity index (χ2v) is 5.58. The summed E-state index contributed by atoms with van der Waals surface area (Å²) in [4.78, 5) is 4.61. The third-order valence-corrected chi connectivity index (χ3v) is 4.25. The van der Waals surface area contributed by atoms with Gasteiger partial charge in [0.05, 0.1) is 12.5 Å². The predicted molar refractivity (Wildman–Crippen MR) is 83.6 cm³/mol. The second-order valence-electron chi connectivity index (χ2n) is 5.58. The van der Waals surface area contributed by atoms with Crippen molar-refractivity contribution in [1.29, 1.82) is 0 Å². The molecule has 1 aliphatic rings. The molecule has 112 valence electrons. The monoisotopic (exact) mass is 288 g/mol. The highest BCUT2D eigenvalue weighted by Gasteiger charge is 2.22. The number of aromatic nitrogens is 1. The summed E-state index contributed by atoms with van der Waals surface area (Å²) in [5.74, 6) is 0.829. The Morgan fingerprint density at radius 2 is 2.10 bits per heavy atom. The summed E-state index contributed by atoms with van der Waals surface area (Å²) in [7, 11) is 1.60. The summed E-state index contributed by atoms with van der Waals surface area (Å²) in [6, 6.07) is 5.17. The number of nitrogens with one attached hydrogen (secondary N) is 1. The van der Waals surface area contributed by atoms with Crippen molar-refractivity contribution < 1.29 is 9.13 Å². The summed E-state index contributed by atoms with van der Waals surface area (Å²) in [5, 5.41) is 4.07. The fourth-order valence-corrected chi connectivity index (χ4v) is 3.23. The number of benzene rings is 1. The molecular weight excluding hydrogens is 267 g/mol. The molecular formula is C17H21FN2O. The van der Waals surface area contributed by atoms with Crippen molar-refractivity contribution in [3.63, 3.8) is 0 Å². The number of anilines is 1. The highest BCUT2D eigenvalue weighted by atomic mass is 19.1. The summed E-state index contributed by atoms with van der Waals surface area (Å²) in [6.45, 7) is 2.82. The quantitative estimate of drug-likeness (QED) is 0.901. The van der Waals surface area contributed by atoms with Crippen LogP contribution in [0.2, 0.25) is 0 Å². The van der Waals surface area contributed by atoms with Crippen molar-refractivity contribution in [3.8, 4) is 5.75 Å². The molecule has 1 N–H and O–H groups in total. The van der Waals surface area contributed by atoms with Gasteiger partial charge in [-0.25, -0.2) is 9.37 Å². The largest absolute Gasteiger partial charge is 0.496 e. The summed E-state index contributed by atoms with van der Waals surface area (Å²) in [5.41, 5.74) is 2.33. The van der Waals surface area contributed by atoms with E-state index in [1.807, 2.05) is 6.92 Å². The van der Waals surface area contributed by atoms with Crippen LogP contribution in [-0.4, -0.2) is 18.6 Å². The number of rotatable bonds is 4. The fraction of sp³-hybridized carbons (Fsp3) is 0.471. The van der Waals surface area contributed by atoms with E-state index >= 15 is 0 Å². The first-order valence-corrected chi connectivity index (χ1v) is 7.65. The van der Waals surface area contributed by atoms with Crippen LogP contribution in [0.5, 0.6) is 5.75 Å². The summed E-state index contributed by atoms with van der Waals surface area (Å²) < 4.78 is 19.6. The number of hydrogen-bond donors (Lipinski definition) is 1. The van der Waals surface area contributed by atoms with E-state index in [0.29, 0.717) is 17.2 Å². The van der Waals surface area contributed by atoms with Gasteiger partial charge in [-0.05, 0) is 38.0 Å². The van der Waals surface area contributed by atoms with Gasteiger partial charge in [-0.1, -0.05) is 12.8 Å². The van der Waals surface area contributed by atoms with E-state index in [2.05, 4.69) is 16.4 Å². The molecule has 4 heteroatoms. The Kier molecular flexibility index (Phi) is 3.95. The van der Waals surface area contributed by atoms with Crippen LogP contribution in [0.25, 0.3) is 10.9 Å². The van der Waals surface area contributed by atoms with Crippen molar-refractivity contribution in [2.24, 2.45) is 0 Å². The molecule has 0 spiro atoms. The number of ether oxygens (including phenoxy) is 1. The summed E-state index contributed by atoms with van der Waals surface area (Å²) in [6.07, 6.45) is 4.77. The van der Waals surface area contributed by atoms with Crippen LogP contribution in [-0.2, 0) is 0 Å². The maximum Gasteiger partial charge on any atom is 0.149 e. The number of hydrogen-bond acceptors (Lipinski definition) is 3. The number of halogens is 1. The van der Waals surface area contributed by atoms with Gasteiger partial charge in [0, 0.05) is 23.8 Å². The van der Waals surface area contributed by atoms with E-state index < -0.39 is 0 Å². The third kappa shape index (κ3) is 2.55. The lowest BCUT2D eigenvalue weighted by Crippen LogP contribution is -2.05. The Hall–Kier alpha value is -1.84. The van der Waals surface area contributed by atoms with E-state index in [4.69, 9.17) is 4.74 Å². The van der Waals surface area contributed by atoms with Crippen LogP contribution in [0, 0.1) is 5.82 Å². The number of pyridine rings is 1. The average Bonchev–Trinajstić information content (AvgIpc) is 3.02. The number of fused-ring (bicyclic) bond motifs is 1. The first-order valence-electron chi connectivity index (χ1n) is 7.65. The van der Waals surface area contributed by atoms with Crippen LogP contribution in [0.4, 0.5) is 10.1 Å². The highest BCUT2D eigenvalue weighted by molar-refractivity contribution is 5.97. The zero-order valence-corrected chi connectivity index (χ0v) is 12.6. The van der Waals surface area contributed by atoms with Gasteiger partial charge >= 0.3 is 0 Å². The molecule has 1 aliphatic carbocycles. The normalized spacial score (nSPS) is 15.6. The zero-order valence-electron chi connectivity index (χ0n) is 12.6. The van der Waals surface area contributed by atoms with Crippen molar-refractivity contribution in [2.45, 2.75) is 38.5 Å². The Balaban J connectivity index is 2.22. The molecule has 1 aromatic carbocycles. The van der Waals surface area contributed by atoms with E-state index in [9.17, 15) is 4.39 Å². The van der Waals surface area contributed by atoms with E-state index in [0.717, 1.165) is 36.2 Å². The molecule has 0 radical (unpaired) electrons. The zero-order chi connectivity index (χ0) is 14.8. The van der Waals surface area contributed by atoms with Crippen molar-refractivity contribution in [2.75, 3.05) is 19.0 Å². The number of methoxy groups -OCH3 is 1. The maximum absolute atomic E-state index is 14.2. The molecule has 1 saturated carbocycles. The van der Waals surface area contributed by atoms with Crippen LogP contribution < -0.4 is 10.1 Å². The van der Waals surface area contributed by atoms with Crippen molar-refractivity contribution in [3.05, 3.63) is 29.7 Å². The SMILES string of the molecule is CCNc1cc(C2CCCC2)nc2c(F)ccc(OC)c12. The minimum absolute atomic E-state index is 0.287. The molecule has 0 aliphatic heterocycles. The van der Waals surface area contributed by atoms with E-state index in [1.165, 1.54) is 18.9 Å². The molecule has 3 nitrogen and oxygen atoms in total. The van der Waals surface area contributed by atoms with Gasteiger partial charge in [0.1, 0.15) is 17.1 Å². The molecule has 0 unspecified atom stereocenters. The minimum atomic E-state index is -0.287. The van der Waals surface area contributed by atoms with Gasteiger partial charge in [-0.3, -0.25) is 0 Å². The fourth-order valence-electron chi connectivity index (χ4n) is 3.23. The van der Waals surface area contributed by atoms with Gasteiger partial charge < -0.3 is 10.1 Å². The Bertz CT molecular complexity index is 651. The van der Waals surface area contributed by atoms with E-state index in [-0.39, 0.29) is 5.82 Å². The number of nitrogens with zero attached hydrogens (tertiary/aromatic N) is 1. The highest BCUT2D eigenvalue weighted by Crippen LogP contribution is 2.39. The molecule has 0 atom stereocenters. The smallest absolute Gasteiger partial charge is 0.149 e. The topological polar surface area (TPSA) is 34.2 Å². The third-order valence-electron chi connectivity index (χ3n) is 4.25. The first-order chi connectivity index (χ1) is 10.2. The van der Waals surface area contributed by atoms with Gasteiger partial charge in [-0.2, -0.15) is 0 Å². The standard InChI is InChI=1S/C17H21FN2O/c1-3-19-14-10-13(11-6-4-5-7-11)20-17-12(18)8-9-15(21-2)16(14)17/h8-11H,3-7H2,1-2H3,(H,19,20). The van der Waals surface area contributed by atoms with Crippen LogP contribution in [0.1, 0.15) is 44.2 Å². The lowest BCUT2D eigenvalue weighted by Gasteiger charge is -2.16. The van der Waals surface area contributed by atoms with Crippen molar-refractivity contribution >= 4 is 16.6 Å². The Morgan fingerprint density at radius 3 is 2.76 bits per heavy atom. The van der Waals surface area contributed by atoms with Crippen molar-refractivity contribution in [1.82, 2.24) is 4.98 Å². The molecule has 1 aromatic heterocycles. The van der Waals surface area contributed by atoms with Crippen LogP contribution in [0.3, 0.4) is 0 Å². The minimum Gasteiger partial charge on any atom is -0.496 e. The molecule has 3 rings (SSSR count). The maximum atomic E-state index is 14.2. The van der Waals surface area contributed by atoms with E-state index in [1.54, 1.807) is 13.2 Å². The Labute approximate surface area is 124 Å².